The minimum absolute atomic E-state index is 0. The summed E-state index contributed by atoms with van der Waals surface area (Å²) in [5.41, 5.74) is 1.01. The Morgan fingerprint density at radius 1 is 0.971 bits per heavy atom. The third-order valence-corrected chi connectivity index (χ3v) is 6.81. The van der Waals surface area contributed by atoms with Crippen molar-refractivity contribution in [1.82, 2.24) is 15.3 Å². The number of benzene rings is 1. The van der Waals surface area contributed by atoms with E-state index in [4.69, 9.17) is 0 Å². The fourth-order valence-electron chi connectivity index (χ4n) is 3.91. The van der Waals surface area contributed by atoms with Crippen molar-refractivity contribution in [3.05, 3.63) is 65.2 Å². The van der Waals surface area contributed by atoms with Crippen molar-refractivity contribution < 1.29 is 21.6 Å². The quantitative estimate of drug-likeness (QED) is 0.511. The average molecular weight is 528 g/mol. The molecule has 3 heterocycles. The number of hydrogen-bond donors (Lipinski definition) is 2. The van der Waals surface area contributed by atoms with Crippen molar-refractivity contribution in [2.24, 2.45) is 0 Å². The molecule has 0 unspecified atom stereocenters. The molecule has 0 spiro atoms. The minimum atomic E-state index is -4.69. The molecule has 1 saturated heterocycles. The van der Waals surface area contributed by atoms with Crippen LogP contribution < -0.4 is 14.9 Å². The Morgan fingerprint density at radius 3 is 2.23 bits per heavy atom. The first-order valence-corrected chi connectivity index (χ1v) is 12.1. The summed E-state index contributed by atoms with van der Waals surface area (Å²) in [5.74, 6) is 0.0551. The lowest BCUT2D eigenvalue weighted by Crippen LogP contribution is -2.44. The number of rotatable bonds is 5. The Kier molecular flexibility index (Phi) is 7.93. The van der Waals surface area contributed by atoms with Gasteiger partial charge in [0.2, 0.25) is 0 Å². The van der Waals surface area contributed by atoms with Crippen LogP contribution in [0, 0.1) is 13.8 Å². The molecule has 2 aromatic heterocycles. The maximum Gasteiger partial charge on any atom is 0.416 e. The molecule has 0 saturated carbocycles. The van der Waals surface area contributed by atoms with Crippen LogP contribution in [0.5, 0.6) is 0 Å². The highest BCUT2D eigenvalue weighted by atomic mass is 35.5. The molecule has 12 heteroatoms. The number of nitrogens with one attached hydrogen (secondary N) is 2. The van der Waals surface area contributed by atoms with Gasteiger partial charge in [0.25, 0.3) is 10.0 Å². The van der Waals surface area contributed by atoms with Crippen LogP contribution in [0.1, 0.15) is 16.7 Å². The second-order valence-corrected chi connectivity index (χ2v) is 9.70. The topological polar surface area (TPSA) is 87.2 Å². The number of pyridine rings is 2. The summed E-state index contributed by atoms with van der Waals surface area (Å²) in [5, 5.41) is 2.91. The van der Waals surface area contributed by atoms with E-state index >= 15 is 0 Å². The van der Waals surface area contributed by atoms with Gasteiger partial charge in [0.05, 0.1) is 11.3 Å². The zero-order valence-corrected chi connectivity index (χ0v) is 20.7. The van der Waals surface area contributed by atoms with Gasteiger partial charge >= 0.3 is 6.18 Å². The van der Waals surface area contributed by atoms with Gasteiger partial charge in [-0.05, 0) is 49.2 Å². The molecule has 1 aliphatic rings. The molecule has 0 atom stereocenters. The standard InChI is InChI=1S/C23H24F3N5O2S.ClH/c1-15-5-3-6-16(2)22(15)18-13-17(23(24,25)26)14-19(28-18)30-34(32,33)21-8-4-7-20(29-21)31-11-9-27-10-12-31;/h3-8,13-14,27H,9-12H2,1-2H3,(H,28,30);1H. The number of hydrogen-bond acceptors (Lipinski definition) is 6. The van der Waals surface area contributed by atoms with Crippen molar-refractivity contribution in [2.75, 3.05) is 35.8 Å². The molecule has 0 aliphatic carbocycles. The predicted molar refractivity (Wildman–Crippen MR) is 132 cm³/mol. The highest BCUT2D eigenvalue weighted by Crippen LogP contribution is 2.35. The number of anilines is 2. The first-order valence-electron chi connectivity index (χ1n) is 10.7. The van der Waals surface area contributed by atoms with Crippen molar-refractivity contribution >= 4 is 34.1 Å². The zero-order valence-electron chi connectivity index (χ0n) is 19.1. The lowest BCUT2D eigenvalue weighted by atomic mass is 9.98. The van der Waals surface area contributed by atoms with Crippen LogP contribution in [0.3, 0.4) is 0 Å². The largest absolute Gasteiger partial charge is 0.416 e. The normalized spacial score (nSPS) is 14.4. The summed E-state index contributed by atoms with van der Waals surface area (Å²) in [7, 11) is -4.29. The molecule has 0 amide bonds. The summed E-state index contributed by atoms with van der Waals surface area (Å²) in [6.07, 6.45) is -4.69. The van der Waals surface area contributed by atoms with Crippen molar-refractivity contribution in [1.29, 1.82) is 0 Å². The number of aryl methyl sites for hydroxylation is 2. The van der Waals surface area contributed by atoms with E-state index in [0.717, 1.165) is 30.3 Å². The molecule has 1 aliphatic heterocycles. The van der Waals surface area contributed by atoms with E-state index in [2.05, 4.69) is 20.0 Å². The number of piperazine rings is 1. The van der Waals surface area contributed by atoms with Crippen molar-refractivity contribution in [3.63, 3.8) is 0 Å². The van der Waals surface area contributed by atoms with E-state index < -0.39 is 27.6 Å². The van der Waals surface area contributed by atoms with Crippen LogP contribution in [-0.2, 0) is 16.2 Å². The Hall–Kier alpha value is -2.89. The van der Waals surface area contributed by atoms with E-state index in [1.54, 1.807) is 44.2 Å². The second-order valence-electron chi connectivity index (χ2n) is 8.07. The smallest absolute Gasteiger partial charge is 0.354 e. The van der Waals surface area contributed by atoms with Crippen LogP contribution in [-0.4, -0.2) is 44.6 Å². The van der Waals surface area contributed by atoms with E-state index in [1.165, 1.54) is 6.07 Å². The van der Waals surface area contributed by atoms with Crippen LogP contribution >= 0.6 is 12.4 Å². The second kappa shape index (κ2) is 10.4. The number of halogens is 4. The fraction of sp³-hybridized carbons (Fsp3) is 0.304. The summed E-state index contributed by atoms with van der Waals surface area (Å²) in [4.78, 5) is 10.4. The molecule has 35 heavy (non-hydrogen) atoms. The van der Waals surface area contributed by atoms with E-state index in [-0.39, 0.29) is 23.1 Å². The maximum absolute atomic E-state index is 13.7. The number of sulfonamides is 1. The number of aromatic nitrogens is 2. The average Bonchev–Trinajstić information content (AvgIpc) is 2.79. The summed E-state index contributed by atoms with van der Waals surface area (Å²) in [6.45, 7) is 6.34. The van der Waals surface area contributed by atoms with Gasteiger partial charge < -0.3 is 10.2 Å². The zero-order chi connectivity index (χ0) is 24.5. The van der Waals surface area contributed by atoms with Gasteiger partial charge in [0.15, 0.2) is 5.03 Å². The maximum atomic E-state index is 13.7. The SMILES string of the molecule is Cc1cccc(C)c1-c1cc(C(F)(F)F)cc(NS(=O)(=O)c2cccc(N3CCNCC3)n2)n1.Cl. The Labute approximate surface area is 208 Å². The van der Waals surface area contributed by atoms with Gasteiger partial charge in [-0.3, -0.25) is 4.72 Å². The van der Waals surface area contributed by atoms with Crippen LogP contribution in [0.25, 0.3) is 11.3 Å². The van der Waals surface area contributed by atoms with Gasteiger partial charge in [0, 0.05) is 31.7 Å². The van der Waals surface area contributed by atoms with Crippen molar-refractivity contribution in [3.8, 4) is 11.3 Å². The fourth-order valence-corrected chi connectivity index (χ4v) is 4.86. The molecule has 4 rings (SSSR count). The lowest BCUT2D eigenvalue weighted by molar-refractivity contribution is -0.137. The Balaban J connectivity index is 0.00000342. The molecule has 2 N–H and O–H groups in total. The van der Waals surface area contributed by atoms with Gasteiger partial charge in [-0.25, -0.2) is 9.97 Å². The molecule has 0 radical (unpaired) electrons. The highest BCUT2D eigenvalue weighted by Gasteiger charge is 2.33. The molecule has 0 bridgehead atoms. The number of nitrogens with zero attached hydrogens (tertiary/aromatic N) is 3. The molecule has 1 aromatic carbocycles. The van der Waals surface area contributed by atoms with E-state index in [1.807, 2.05) is 4.90 Å². The Bertz CT molecular complexity index is 1290. The number of alkyl halides is 3. The van der Waals surface area contributed by atoms with E-state index in [9.17, 15) is 21.6 Å². The van der Waals surface area contributed by atoms with Crippen LogP contribution in [0.2, 0.25) is 0 Å². The molecule has 188 valence electrons. The lowest BCUT2D eigenvalue weighted by Gasteiger charge is -2.28. The molecule has 3 aromatic rings. The molecule has 7 nitrogen and oxygen atoms in total. The Morgan fingerprint density at radius 2 is 1.60 bits per heavy atom. The highest BCUT2D eigenvalue weighted by molar-refractivity contribution is 7.92. The van der Waals surface area contributed by atoms with E-state index in [0.29, 0.717) is 30.5 Å². The van der Waals surface area contributed by atoms with Crippen LogP contribution in [0.15, 0.2) is 53.6 Å². The first kappa shape index (κ1) is 26.7. The van der Waals surface area contributed by atoms with Gasteiger partial charge in [-0.15, -0.1) is 12.4 Å². The molecular weight excluding hydrogens is 503 g/mol. The van der Waals surface area contributed by atoms with Gasteiger partial charge in [-0.1, -0.05) is 24.3 Å². The molecule has 1 fully saturated rings. The summed E-state index contributed by atoms with van der Waals surface area (Å²) < 4.78 is 69.3. The minimum Gasteiger partial charge on any atom is -0.354 e. The van der Waals surface area contributed by atoms with Crippen molar-refractivity contribution in [2.45, 2.75) is 25.0 Å². The summed E-state index contributed by atoms with van der Waals surface area (Å²) >= 11 is 0. The summed E-state index contributed by atoms with van der Waals surface area (Å²) in [6, 6.07) is 11.5. The third kappa shape index (κ3) is 6.03. The van der Waals surface area contributed by atoms with Gasteiger partial charge in [-0.2, -0.15) is 21.6 Å². The first-order chi connectivity index (χ1) is 16.0. The third-order valence-electron chi connectivity index (χ3n) is 5.55. The monoisotopic (exact) mass is 527 g/mol. The molecular formula is C23H25ClF3N5O2S. The predicted octanol–water partition coefficient (Wildman–Crippen LogP) is 4.41. The van der Waals surface area contributed by atoms with Gasteiger partial charge in [0.1, 0.15) is 11.6 Å². The van der Waals surface area contributed by atoms with Crippen LogP contribution in [0.4, 0.5) is 24.8 Å².